The normalized spacial score (nSPS) is 17.8. The van der Waals surface area contributed by atoms with Crippen LogP contribution in [0.4, 0.5) is 0 Å². The van der Waals surface area contributed by atoms with Crippen LogP contribution in [0.25, 0.3) is 65.8 Å². The zero-order valence-electron chi connectivity index (χ0n) is 29.5. The van der Waals surface area contributed by atoms with E-state index in [9.17, 15) is 1.37 Å². The molecular formula is C27H13Cl2N5. The van der Waals surface area contributed by atoms with Gasteiger partial charge < -0.3 is 4.40 Å². The molecule has 0 aliphatic heterocycles. The molecule has 0 aliphatic rings. The first-order chi connectivity index (χ1) is 22.1. The van der Waals surface area contributed by atoms with Crippen molar-refractivity contribution in [2.24, 2.45) is 0 Å². The van der Waals surface area contributed by atoms with Gasteiger partial charge in [-0.3, -0.25) is 4.57 Å². The molecule has 0 fully saturated rings. The number of para-hydroxylation sites is 3. The molecule has 0 aliphatic carbocycles. The van der Waals surface area contributed by atoms with E-state index in [2.05, 4.69) is 15.0 Å². The Balaban J connectivity index is 1.90. The topological polar surface area (TPSA) is 48.0 Å². The van der Waals surface area contributed by atoms with Crippen molar-refractivity contribution in [3.63, 3.8) is 0 Å². The predicted octanol–water partition coefficient (Wildman–Crippen LogP) is 7.43. The summed E-state index contributed by atoms with van der Waals surface area (Å²) in [6.07, 6.45) is 0. The van der Waals surface area contributed by atoms with Crippen LogP contribution in [0.1, 0.15) is 17.8 Å². The number of hydrogen-bond acceptors (Lipinski definition) is 3. The van der Waals surface area contributed by atoms with E-state index < -0.39 is 78.6 Å². The third kappa shape index (κ3) is 2.18. The molecular weight excluding hydrogens is 465 g/mol. The maximum Gasteiger partial charge on any atom is 0.240 e. The first kappa shape index (κ1) is 10.1. The summed E-state index contributed by atoms with van der Waals surface area (Å²) in [5.74, 6) is -0.323. The van der Waals surface area contributed by atoms with Gasteiger partial charge in [0.15, 0.2) is 0 Å². The van der Waals surface area contributed by atoms with Gasteiger partial charge in [-0.2, -0.15) is 15.0 Å². The SMILES string of the molecule is [2H]c1c([2H])c([2H])c2c(c1[2H])c1c([2H])c3c4c([2H])c([2H])c([2H])c([2H])c4n4c5c([2H])c([2H])c([2H])c([2H])c5c(c1n2-c1nc(Cl)nc(Cl)n1)c34. The first-order valence-corrected chi connectivity index (χ1v) is 10.6. The van der Waals surface area contributed by atoms with Crippen molar-refractivity contribution < 1.29 is 17.8 Å². The Morgan fingerprint density at radius 3 is 1.82 bits per heavy atom. The van der Waals surface area contributed by atoms with Gasteiger partial charge in [0, 0.05) is 32.3 Å². The molecule has 8 rings (SSSR count). The number of benzene rings is 4. The summed E-state index contributed by atoms with van der Waals surface area (Å²) in [4.78, 5) is 12.1. The molecule has 160 valence electrons. The molecule has 0 N–H and O–H groups in total. The summed E-state index contributed by atoms with van der Waals surface area (Å²) in [6, 6.07) is -7.24. The van der Waals surface area contributed by atoms with E-state index in [0.717, 1.165) is 0 Å². The molecule has 0 radical (unpaired) electrons. The van der Waals surface area contributed by atoms with Gasteiger partial charge in [-0.15, -0.1) is 0 Å². The van der Waals surface area contributed by atoms with E-state index in [0.29, 0.717) is 0 Å². The molecule has 0 saturated heterocycles. The predicted molar refractivity (Wildman–Crippen MR) is 139 cm³/mol. The maximum absolute atomic E-state index is 9.57. The Hall–Kier alpha value is -3.93. The first-order valence-electron chi connectivity index (χ1n) is 16.3. The van der Waals surface area contributed by atoms with E-state index in [-0.39, 0.29) is 76.4 Å². The van der Waals surface area contributed by atoms with Crippen LogP contribution >= 0.6 is 23.2 Å². The summed E-state index contributed by atoms with van der Waals surface area (Å²) in [5, 5.41) is -1.28. The lowest BCUT2D eigenvalue weighted by Crippen LogP contribution is -2.03. The van der Waals surface area contributed by atoms with Crippen molar-refractivity contribution in [3.8, 4) is 5.95 Å². The smallest absolute Gasteiger partial charge is 0.240 e. The molecule has 0 atom stereocenters. The summed E-state index contributed by atoms with van der Waals surface area (Å²) < 4.78 is 116. The van der Waals surface area contributed by atoms with Gasteiger partial charge in [0.25, 0.3) is 0 Å². The van der Waals surface area contributed by atoms with E-state index in [4.69, 9.17) is 39.7 Å². The Labute approximate surface area is 220 Å². The number of aromatic nitrogens is 5. The summed E-state index contributed by atoms with van der Waals surface area (Å²) in [6.45, 7) is 0. The zero-order chi connectivity index (χ0) is 33.9. The highest BCUT2D eigenvalue weighted by Crippen LogP contribution is 2.45. The standard InChI is InChI=1S/C27H13Cl2N5/c28-25-30-26(29)32-27(31-25)34-20-11-5-2-8-15(20)18-13-17-14-7-1-4-10-19(14)33-21-12-6-3-9-16(21)22(23(17)33)24(18)34/h1-13H/i1D,2D,3D,4D,5D,6D,7D,8D,9D,10D,11D,12D,13D. The lowest BCUT2D eigenvalue weighted by molar-refractivity contribution is 0.943. The van der Waals surface area contributed by atoms with Crippen LogP contribution in [0.5, 0.6) is 0 Å². The Bertz CT molecular complexity index is 2790. The number of nitrogens with zero attached hydrogens (tertiary/aromatic N) is 5. The van der Waals surface area contributed by atoms with E-state index in [1.165, 1.54) is 8.97 Å². The second-order valence-electron chi connectivity index (χ2n) is 7.46. The molecule has 4 aromatic carbocycles. The molecule has 7 heteroatoms. The lowest BCUT2D eigenvalue weighted by atomic mass is 10.0. The highest BCUT2D eigenvalue weighted by atomic mass is 35.5. The molecule has 8 aromatic rings. The Morgan fingerprint density at radius 1 is 0.588 bits per heavy atom. The van der Waals surface area contributed by atoms with Crippen molar-refractivity contribution in [1.82, 2.24) is 23.9 Å². The molecule has 4 aromatic heterocycles. The molecule has 0 saturated carbocycles. The van der Waals surface area contributed by atoms with Crippen LogP contribution in [0.3, 0.4) is 0 Å². The van der Waals surface area contributed by atoms with Crippen molar-refractivity contribution in [3.05, 3.63) is 89.1 Å². The average Bonchev–Trinajstić information content (AvgIpc) is 3.68. The van der Waals surface area contributed by atoms with Gasteiger partial charge in [0.1, 0.15) is 0 Å². The fourth-order valence-corrected chi connectivity index (χ4v) is 5.03. The van der Waals surface area contributed by atoms with Crippen molar-refractivity contribution in [2.45, 2.75) is 0 Å². The highest BCUT2D eigenvalue weighted by molar-refractivity contribution is 6.34. The van der Waals surface area contributed by atoms with Crippen molar-refractivity contribution >= 4 is 83.1 Å². The Morgan fingerprint density at radius 2 is 1.12 bits per heavy atom. The second kappa shape index (κ2) is 6.35. The minimum absolute atomic E-state index is 0.0155. The number of fused-ring (bicyclic) bond motifs is 10. The molecule has 0 unspecified atom stereocenters. The van der Waals surface area contributed by atoms with Crippen molar-refractivity contribution in [2.75, 3.05) is 0 Å². The largest absolute Gasteiger partial charge is 0.308 e. The van der Waals surface area contributed by atoms with Crippen LogP contribution in [0, 0.1) is 0 Å². The summed E-state index contributed by atoms with van der Waals surface area (Å²) in [5.41, 5.74) is -0.510. The Kier molecular flexibility index (Phi) is 1.89. The third-order valence-electron chi connectivity index (χ3n) is 5.84. The molecule has 0 bridgehead atoms. The van der Waals surface area contributed by atoms with Crippen LogP contribution in [-0.2, 0) is 0 Å². The van der Waals surface area contributed by atoms with Gasteiger partial charge in [-0.1, -0.05) is 54.4 Å². The van der Waals surface area contributed by atoms with Gasteiger partial charge in [0.05, 0.1) is 45.4 Å². The zero-order valence-corrected chi connectivity index (χ0v) is 18.0. The quantitative estimate of drug-likeness (QED) is 0.240. The van der Waals surface area contributed by atoms with E-state index in [1.807, 2.05) is 0 Å². The third-order valence-corrected chi connectivity index (χ3v) is 6.18. The second-order valence-corrected chi connectivity index (χ2v) is 8.14. The monoisotopic (exact) mass is 490 g/mol. The molecule has 5 nitrogen and oxygen atoms in total. The highest BCUT2D eigenvalue weighted by Gasteiger charge is 2.24. The fourth-order valence-electron chi connectivity index (χ4n) is 4.68. The van der Waals surface area contributed by atoms with E-state index in [1.54, 1.807) is 0 Å². The molecule has 4 heterocycles. The number of halogens is 2. The minimum atomic E-state index is -0.629. The van der Waals surface area contributed by atoms with Gasteiger partial charge in [-0.25, -0.2) is 0 Å². The number of hydrogen-bond donors (Lipinski definition) is 0. The van der Waals surface area contributed by atoms with Gasteiger partial charge in [0.2, 0.25) is 16.5 Å². The summed E-state index contributed by atoms with van der Waals surface area (Å²) >= 11 is 12.3. The van der Waals surface area contributed by atoms with Crippen LogP contribution in [0.15, 0.2) is 78.6 Å². The van der Waals surface area contributed by atoms with E-state index >= 15 is 0 Å². The summed E-state index contributed by atoms with van der Waals surface area (Å²) in [7, 11) is 0. The van der Waals surface area contributed by atoms with Gasteiger partial charge >= 0.3 is 0 Å². The fraction of sp³-hybridized carbons (Fsp3) is 0. The number of rotatable bonds is 1. The van der Waals surface area contributed by atoms with Crippen LogP contribution in [-0.4, -0.2) is 23.9 Å². The minimum Gasteiger partial charge on any atom is -0.308 e. The molecule has 0 amide bonds. The molecule has 0 spiro atoms. The lowest BCUT2D eigenvalue weighted by Gasteiger charge is -2.07. The average molecular weight is 491 g/mol. The van der Waals surface area contributed by atoms with Crippen LogP contribution in [0.2, 0.25) is 10.6 Å². The van der Waals surface area contributed by atoms with Crippen molar-refractivity contribution in [1.29, 1.82) is 0 Å². The maximum atomic E-state index is 9.57. The van der Waals surface area contributed by atoms with Gasteiger partial charge in [-0.05, 0) is 47.4 Å². The van der Waals surface area contributed by atoms with Crippen LogP contribution < -0.4 is 0 Å². The molecule has 34 heavy (non-hydrogen) atoms.